The summed E-state index contributed by atoms with van der Waals surface area (Å²) in [6.07, 6.45) is 5.49. The van der Waals surface area contributed by atoms with Crippen LogP contribution in [-0.4, -0.2) is 28.7 Å². The van der Waals surface area contributed by atoms with Crippen LogP contribution in [0.3, 0.4) is 0 Å². The van der Waals surface area contributed by atoms with Crippen molar-refractivity contribution < 1.29 is 4.79 Å². The molecule has 0 bridgehead atoms. The minimum Gasteiger partial charge on any atom is -0.370 e. The van der Waals surface area contributed by atoms with Crippen LogP contribution in [0.5, 0.6) is 0 Å². The Kier molecular flexibility index (Phi) is 4.55. The predicted octanol–water partition coefficient (Wildman–Crippen LogP) is 3.54. The largest absolute Gasteiger partial charge is 0.370 e. The lowest BCUT2D eigenvalue weighted by Crippen LogP contribution is -2.29. The average molecular weight is 314 g/mol. The lowest BCUT2D eigenvalue weighted by Gasteiger charge is -2.28. The van der Waals surface area contributed by atoms with Crippen LogP contribution in [0.15, 0.2) is 18.2 Å². The number of aromatic nitrogens is 2. The molecule has 1 aromatic carbocycles. The molecule has 5 nitrogen and oxygen atoms in total. The number of carbonyl (C=O) groups excluding carboxylic acids is 1. The van der Waals surface area contributed by atoms with Crippen molar-refractivity contribution in [3.8, 4) is 0 Å². The number of para-hydroxylation sites is 1. The highest BCUT2D eigenvalue weighted by Crippen LogP contribution is 2.29. The molecule has 2 aromatic rings. The van der Waals surface area contributed by atoms with Gasteiger partial charge in [-0.3, -0.25) is 0 Å². The molecule has 2 heterocycles. The number of anilines is 1. The number of carbonyl (C=O) groups is 1. The zero-order valence-electron chi connectivity index (χ0n) is 14.1. The molecule has 1 fully saturated rings. The summed E-state index contributed by atoms with van der Waals surface area (Å²) in [5.74, 6) is 1.35. The number of fused-ring (bicyclic) bond motifs is 1. The Morgan fingerprint density at radius 2 is 2.00 bits per heavy atom. The Morgan fingerprint density at radius 1 is 1.26 bits per heavy atom. The molecule has 0 unspecified atom stereocenters. The van der Waals surface area contributed by atoms with Crippen LogP contribution in [0.2, 0.25) is 0 Å². The van der Waals surface area contributed by atoms with Gasteiger partial charge in [-0.15, -0.1) is 0 Å². The molecule has 1 saturated heterocycles. The van der Waals surface area contributed by atoms with Gasteiger partial charge in [0.05, 0.1) is 11.2 Å². The maximum Gasteiger partial charge on any atom is 0.324 e. The van der Waals surface area contributed by atoms with Gasteiger partial charge in [0, 0.05) is 19.5 Å². The van der Waals surface area contributed by atoms with E-state index >= 15 is 0 Å². The summed E-state index contributed by atoms with van der Waals surface area (Å²) < 4.78 is 1.59. The molecule has 5 heteroatoms. The van der Waals surface area contributed by atoms with Crippen LogP contribution in [0.1, 0.15) is 45.4 Å². The smallest absolute Gasteiger partial charge is 0.324 e. The number of hydrogen-bond acceptors (Lipinski definition) is 3. The SMILES string of the molecule is CC(C)CCc1nc2c(N3CCCCC3)cccc2n1C(N)=O. The van der Waals surface area contributed by atoms with Gasteiger partial charge in [-0.1, -0.05) is 19.9 Å². The van der Waals surface area contributed by atoms with Crippen molar-refractivity contribution in [3.05, 3.63) is 24.0 Å². The maximum absolute atomic E-state index is 12.0. The Balaban J connectivity index is 2.06. The first kappa shape index (κ1) is 15.8. The molecule has 23 heavy (non-hydrogen) atoms. The van der Waals surface area contributed by atoms with Crippen molar-refractivity contribution in [1.82, 2.24) is 9.55 Å². The number of hydrogen-bond donors (Lipinski definition) is 1. The molecule has 1 aromatic heterocycles. The van der Waals surface area contributed by atoms with Crippen molar-refractivity contribution in [2.24, 2.45) is 11.7 Å². The number of benzene rings is 1. The van der Waals surface area contributed by atoms with E-state index in [0.717, 1.165) is 48.5 Å². The standard InChI is InChI=1S/C18H26N4O/c1-13(2)9-10-16-20-17-14(21-11-4-3-5-12-21)7-6-8-15(17)22(16)18(19)23/h6-8,13H,3-5,9-12H2,1-2H3,(H2,19,23). The molecule has 3 rings (SSSR count). The number of nitrogens with two attached hydrogens (primary N) is 1. The summed E-state index contributed by atoms with van der Waals surface area (Å²) in [6.45, 7) is 6.47. The third-order valence-electron chi connectivity index (χ3n) is 4.60. The molecule has 0 spiro atoms. The van der Waals surface area contributed by atoms with Crippen molar-refractivity contribution >= 4 is 22.8 Å². The first-order valence-electron chi connectivity index (χ1n) is 8.63. The van der Waals surface area contributed by atoms with E-state index in [4.69, 9.17) is 10.7 Å². The zero-order chi connectivity index (χ0) is 16.4. The lowest BCUT2D eigenvalue weighted by molar-refractivity contribution is 0.250. The van der Waals surface area contributed by atoms with Crippen LogP contribution in [0.25, 0.3) is 11.0 Å². The van der Waals surface area contributed by atoms with Crippen LogP contribution in [-0.2, 0) is 6.42 Å². The van der Waals surface area contributed by atoms with Crippen molar-refractivity contribution in [2.45, 2.75) is 46.0 Å². The molecule has 1 aliphatic heterocycles. The third-order valence-corrected chi connectivity index (χ3v) is 4.60. The van der Waals surface area contributed by atoms with Gasteiger partial charge in [-0.05, 0) is 43.7 Å². The minimum absolute atomic E-state index is 0.443. The summed E-state index contributed by atoms with van der Waals surface area (Å²) in [7, 11) is 0. The molecule has 0 radical (unpaired) electrons. The van der Waals surface area contributed by atoms with Crippen molar-refractivity contribution in [2.75, 3.05) is 18.0 Å². The van der Waals surface area contributed by atoms with E-state index in [1.54, 1.807) is 4.57 Å². The van der Waals surface area contributed by atoms with Crippen LogP contribution < -0.4 is 10.6 Å². The first-order valence-corrected chi connectivity index (χ1v) is 8.63. The third kappa shape index (κ3) is 3.19. The fraction of sp³-hybridized carbons (Fsp3) is 0.556. The number of primary amides is 1. The topological polar surface area (TPSA) is 64.2 Å². The number of aryl methyl sites for hydroxylation is 1. The minimum atomic E-state index is -0.443. The van der Waals surface area contributed by atoms with E-state index in [1.807, 2.05) is 12.1 Å². The van der Waals surface area contributed by atoms with Crippen LogP contribution >= 0.6 is 0 Å². The number of amides is 1. The van der Waals surface area contributed by atoms with Gasteiger partial charge in [-0.2, -0.15) is 0 Å². The molecule has 0 aliphatic carbocycles. The second-order valence-corrected chi connectivity index (χ2v) is 6.83. The molecule has 1 aliphatic rings. The molecule has 0 atom stereocenters. The Bertz CT molecular complexity index is 698. The van der Waals surface area contributed by atoms with Gasteiger partial charge in [0.15, 0.2) is 0 Å². The Hall–Kier alpha value is -2.04. The van der Waals surface area contributed by atoms with E-state index in [1.165, 1.54) is 19.3 Å². The molecule has 1 amide bonds. The van der Waals surface area contributed by atoms with E-state index in [0.29, 0.717) is 5.92 Å². The van der Waals surface area contributed by atoms with E-state index in [-0.39, 0.29) is 0 Å². The van der Waals surface area contributed by atoms with Crippen LogP contribution in [0.4, 0.5) is 10.5 Å². The van der Waals surface area contributed by atoms with Gasteiger partial charge >= 0.3 is 6.03 Å². The monoisotopic (exact) mass is 314 g/mol. The van der Waals surface area contributed by atoms with Crippen molar-refractivity contribution in [3.63, 3.8) is 0 Å². The summed E-state index contributed by atoms with van der Waals surface area (Å²) in [5.41, 5.74) is 8.50. The second kappa shape index (κ2) is 6.60. The average Bonchev–Trinajstić information content (AvgIpc) is 2.92. The molecule has 124 valence electrons. The first-order chi connectivity index (χ1) is 11.1. The molecule has 2 N–H and O–H groups in total. The highest BCUT2D eigenvalue weighted by atomic mass is 16.2. The fourth-order valence-electron chi connectivity index (χ4n) is 3.35. The molecular formula is C18H26N4O. The number of piperidine rings is 1. The number of imidazole rings is 1. The Labute approximate surface area is 137 Å². The summed E-state index contributed by atoms with van der Waals surface area (Å²) >= 11 is 0. The number of nitrogens with zero attached hydrogens (tertiary/aromatic N) is 3. The highest BCUT2D eigenvalue weighted by molar-refractivity contribution is 5.95. The summed E-state index contributed by atoms with van der Waals surface area (Å²) in [4.78, 5) is 19.1. The second-order valence-electron chi connectivity index (χ2n) is 6.83. The van der Waals surface area contributed by atoms with Gasteiger partial charge in [0.25, 0.3) is 0 Å². The highest BCUT2D eigenvalue weighted by Gasteiger charge is 2.20. The van der Waals surface area contributed by atoms with E-state index in [9.17, 15) is 4.79 Å². The predicted molar refractivity (Wildman–Crippen MR) is 93.9 cm³/mol. The van der Waals surface area contributed by atoms with Gasteiger partial charge in [0.2, 0.25) is 0 Å². The van der Waals surface area contributed by atoms with Crippen LogP contribution in [0, 0.1) is 5.92 Å². The molecule has 0 saturated carbocycles. The molecular weight excluding hydrogens is 288 g/mol. The van der Waals surface area contributed by atoms with E-state index < -0.39 is 6.03 Å². The summed E-state index contributed by atoms with van der Waals surface area (Å²) in [6, 6.07) is 5.61. The quantitative estimate of drug-likeness (QED) is 0.938. The summed E-state index contributed by atoms with van der Waals surface area (Å²) in [5, 5.41) is 0. The van der Waals surface area contributed by atoms with Crippen molar-refractivity contribution in [1.29, 1.82) is 0 Å². The zero-order valence-corrected chi connectivity index (χ0v) is 14.1. The fourth-order valence-corrected chi connectivity index (χ4v) is 3.35. The normalized spacial score (nSPS) is 15.5. The van der Waals surface area contributed by atoms with E-state index in [2.05, 4.69) is 24.8 Å². The van der Waals surface area contributed by atoms with Gasteiger partial charge < -0.3 is 10.6 Å². The number of rotatable bonds is 4. The van der Waals surface area contributed by atoms with Gasteiger partial charge in [0.1, 0.15) is 11.3 Å². The van der Waals surface area contributed by atoms with Gasteiger partial charge in [-0.25, -0.2) is 14.3 Å². The maximum atomic E-state index is 12.0. The lowest BCUT2D eigenvalue weighted by atomic mass is 10.1. The Morgan fingerprint density at radius 3 is 2.65 bits per heavy atom.